The van der Waals surface area contributed by atoms with E-state index in [1.807, 2.05) is 34.4 Å². The van der Waals surface area contributed by atoms with Gasteiger partial charge in [0.1, 0.15) is 0 Å². The normalized spacial score (nSPS) is 24.6. The van der Waals surface area contributed by atoms with Crippen LogP contribution in [0.4, 0.5) is 0 Å². The van der Waals surface area contributed by atoms with Gasteiger partial charge in [0.05, 0.1) is 5.25 Å². The van der Waals surface area contributed by atoms with Crippen molar-refractivity contribution < 1.29 is 0 Å². The van der Waals surface area contributed by atoms with Crippen molar-refractivity contribution in [2.45, 2.75) is 27.1 Å². The third-order valence-corrected chi connectivity index (χ3v) is 9.18. The van der Waals surface area contributed by atoms with E-state index < -0.39 is 0 Å². The molecule has 112 valence electrons. The average Bonchev–Trinajstić information content (AvgIpc) is 3.29. The molecule has 4 rings (SSSR count). The first-order valence-corrected chi connectivity index (χ1v) is 10.9. The van der Waals surface area contributed by atoms with Gasteiger partial charge in [-0.05, 0) is 41.4 Å². The molecule has 3 aromatic rings. The van der Waals surface area contributed by atoms with Crippen LogP contribution in [-0.4, -0.2) is 5.25 Å². The summed E-state index contributed by atoms with van der Waals surface area (Å²) in [5.41, 5.74) is 0. The minimum absolute atomic E-state index is 0.609. The lowest BCUT2D eigenvalue weighted by Gasteiger charge is -2.16. The van der Waals surface area contributed by atoms with Crippen molar-refractivity contribution in [1.29, 1.82) is 0 Å². The Bertz CT molecular complexity index is 688. The fourth-order valence-corrected chi connectivity index (χ4v) is 8.13. The zero-order valence-corrected chi connectivity index (χ0v) is 15.2. The first-order valence-electron chi connectivity index (χ1n) is 7.34. The highest BCUT2D eigenvalue weighted by molar-refractivity contribution is 8.04. The summed E-state index contributed by atoms with van der Waals surface area (Å²) in [6, 6.07) is 19.8. The quantitative estimate of drug-likeness (QED) is 0.497. The molecule has 3 atom stereocenters. The standard InChI is InChI=1S/C18H16S4/c1-2-6-13(7-3-1)21-17-12-16(14-8-4-10-19-14)22-18(17)15-9-5-11-20-15/h1-11,16-18H,12H2. The Morgan fingerprint density at radius 2 is 1.55 bits per heavy atom. The van der Waals surface area contributed by atoms with E-state index in [1.165, 1.54) is 21.1 Å². The van der Waals surface area contributed by atoms with Crippen LogP contribution in [0.25, 0.3) is 0 Å². The molecule has 1 aliphatic heterocycles. The van der Waals surface area contributed by atoms with Crippen molar-refractivity contribution in [3.05, 3.63) is 75.1 Å². The van der Waals surface area contributed by atoms with Crippen LogP contribution in [0.2, 0.25) is 0 Å². The molecule has 1 aromatic carbocycles. The molecule has 0 bridgehead atoms. The maximum atomic E-state index is 2.30. The van der Waals surface area contributed by atoms with Crippen LogP contribution in [0.15, 0.2) is 70.3 Å². The lowest BCUT2D eigenvalue weighted by atomic mass is 10.1. The van der Waals surface area contributed by atoms with Gasteiger partial charge in [0.2, 0.25) is 0 Å². The Labute approximate surface area is 148 Å². The molecular formula is C18H16S4. The first-order chi connectivity index (χ1) is 10.9. The molecule has 0 nitrogen and oxygen atoms in total. The second-order valence-electron chi connectivity index (χ2n) is 5.28. The van der Waals surface area contributed by atoms with Gasteiger partial charge in [-0.1, -0.05) is 30.3 Å². The van der Waals surface area contributed by atoms with Crippen LogP contribution < -0.4 is 0 Å². The molecule has 0 saturated carbocycles. The molecule has 1 saturated heterocycles. The number of thiophene rings is 2. The van der Waals surface area contributed by atoms with Crippen LogP contribution >= 0.6 is 46.2 Å². The second kappa shape index (κ2) is 6.83. The molecule has 1 fully saturated rings. The fraction of sp³-hybridized carbons (Fsp3) is 0.222. The zero-order chi connectivity index (χ0) is 14.8. The number of rotatable bonds is 4. The van der Waals surface area contributed by atoms with Gasteiger partial charge in [0.15, 0.2) is 0 Å². The predicted octanol–water partition coefficient (Wildman–Crippen LogP) is 6.89. The Kier molecular flexibility index (Phi) is 4.62. The van der Waals surface area contributed by atoms with E-state index in [0.717, 1.165) is 0 Å². The summed E-state index contributed by atoms with van der Waals surface area (Å²) >= 11 is 8.01. The molecular weight excluding hydrogens is 344 g/mol. The van der Waals surface area contributed by atoms with Crippen LogP contribution in [0.5, 0.6) is 0 Å². The monoisotopic (exact) mass is 360 g/mol. The number of thioether (sulfide) groups is 2. The molecule has 0 aliphatic carbocycles. The predicted molar refractivity (Wildman–Crippen MR) is 102 cm³/mol. The molecule has 4 heteroatoms. The summed E-state index contributed by atoms with van der Waals surface area (Å²) in [4.78, 5) is 4.45. The number of benzene rings is 1. The van der Waals surface area contributed by atoms with Crippen molar-refractivity contribution in [2.24, 2.45) is 0 Å². The van der Waals surface area contributed by atoms with E-state index in [-0.39, 0.29) is 0 Å². The lowest BCUT2D eigenvalue weighted by molar-refractivity contribution is 0.796. The van der Waals surface area contributed by atoms with E-state index in [4.69, 9.17) is 0 Å². The van der Waals surface area contributed by atoms with Crippen molar-refractivity contribution in [3.8, 4) is 0 Å². The third-order valence-electron chi connectivity index (χ3n) is 3.81. The van der Waals surface area contributed by atoms with Crippen LogP contribution in [0.3, 0.4) is 0 Å². The smallest absolute Gasteiger partial charge is 0.0520 e. The highest BCUT2D eigenvalue weighted by Gasteiger charge is 2.38. The Hall–Kier alpha value is -0.680. The molecule has 22 heavy (non-hydrogen) atoms. The highest BCUT2D eigenvalue weighted by atomic mass is 32.2. The molecule has 0 N–H and O–H groups in total. The first kappa shape index (κ1) is 14.9. The third kappa shape index (κ3) is 3.16. The van der Waals surface area contributed by atoms with Gasteiger partial charge in [-0.15, -0.1) is 46.2 Å². The molecule has 0 amide bonds. The van der Waals surface area contributed by atoms with Crippen LogP contribution in [-0.2, 0) is 0 Å². The highest BCUT2D eigenvalue weighted by Crippen LogP contribution is 2.58. The van der Waals surface area contributed by atoms with Gasteiger partial charge in [-0.3, -0.25) is 0 Å². The molecule has 3 unspecified atom stereocenters. The molecule has 3 heterocycles. The molecule has 2 aromatic heterocycles. The maximum Gasteiger partial charge on any atom is 0.0520 e. The Morgan fingerprint density at radius 3 is 2.23 bits per heavy atom. The van der Waals surface area contributed by atoms with Gasteiger partial charge >= 0.3 is 0 Å². The van der Waals surface area contributed by atoms with E-state index in [1.54, 1.807) is 0 Å². The van der Waals surface area contributed by atoms with E-state index in [9.17, 15) is 0 Å². The fourth-order valence-electron chi connectivity index (χ4n) is 2.80. The second-order valence-corrected chi connectivity index (χ2v) is 9.90. The van der Waals surface area contributed by atoms with Gasteiger partial charge in [0, 0.05) is 25.1 Å². The lowest BCUT2D eigenvalue weighted by Crippen LogP contribution is -2.05. The Morgan fingerprint density at radius 1 is 0.818 bits per heavy atom. The summed E-state index contributed by atoms with van der Waals surface area (Å²) < 4.78 is 0. The molecule has 0 radical (unpaired) electrons. The largest absolute Gasteiger partial charge is 0.148 e. The summed E-state index contributed by atoms with van der Waals surface area (Å²) in [6.07, 6.45) is 1.26. The van der Waals surface area contributed by atoms with Gasteiger partial charge in [-0.2, -0.15) is 0 Å². The summed E-state index contributed by atoms with van der Waals surface area (Å²) in [5, 5.41) is 6.32. The summed E-state index contributed by atoms with van der Waals surface area (Å²) in [6.45, 7) is 0. The molecule has 0 spiro atoms. The SMILES string of the molecule is c1ccc(SC2CC(c3cccs3)SC2c2cccs2)cc1. The summed E-state index contributed by atoms with van der Waals surface area (Å²) in [5.74, 6) is 0. The zero-order valence-electron chi connectivity index (χ0n) is 11.9. The van der Waals surface area contributed by atoms with Crippen molar-refractivity contribution in [2.75, 3.05) is 0 Å². The topological polar surface area (TPSA) is 0 Å². The van der Waals surface area contributed by atoms with E-state index in [2.05, 4.69) is 77.1 Å². The van der Waals surface area contributed by atoms with Gasteiger partial charge in [-0.25, -0.2) is 0 Å². The van der Waals surface area contributed by atoms with Crippen molar-refractivity contribution >= 4 is 46.2 Å². The number of hydrogen-bond acceptors (Lipinski definition) is 4. The van der Waals surface area contributed by atoms with Gasteiger partial charge in [0.25, 0.3) is 0 Å². The number of hydrogen-bond donors (Lipinski definition) is 0. The summed E-state index contributed by atoms with van der Waals surface area (Å²) in [7, 11) is 0. The average molecular weight is 361 g/mol. The van der Waals surface area contributed by atoms with Crippen molar-refractivity contribution in [1.82, 2.24) is 0 Å². The Balaban J connectivity index is 1.59. The van der Waals surface area contributed by atoms with E-state index >= 15 is 0 Å². The van der Waals surface area contributed by atoms with Crippen LogP contribution in [0, 0.1) is 0 Å². The van der Waals surface area contributed by atoms with E-state index in [0.29, 0.717) is 15.7 Å². The maximum absolute atomic E-state index is 2.30. The van der Waals surface area contributed by atoms with Crippen LogP contribution in [0.1, 0.15) is 26.7 Å². The van der Waals surface area contributed by atoms with Gasteiger partial charge < -0.3 is 0 Å². The molecule has 1 aliphatic rings. The minimum Gasteiger partial charge on any atom is -0.148 e. The van der Waals surface area contributed by atoms with Crippen molar-refractivity contribution in [3.63, 3.8) is 0 Å². The minimum atomic E-state index is 0.609.